The molecule has 5 heteroatoms. The van der Waals surface area contributed by atoms with Gasteiger partial charge in [-0.1, -0.05) is 24.3 Å². The van der Waals surface area contributed by atoms with Crippen molar-refractivity contribution < 1.29 is 5.11 Å². The van der Waals surface area contributed by atoms with Crippen LogP contribution in [0.25, 0.3) is 0 Å². The monoisotopic (exact) mass is 510 g/mol. The van der Waals surface area contributed by atoms with E-state index in [1.165, 1.54) is 7.16 Å². The van der Waals surface area contributed by atoms with Crippen molar-refractivity contribution >= 4 is 51.4 Å². The maximum Gasteiger partial charge on any atom is 0.0839 e. The van der Waals surface area contributed by atoms with Crippen molar-refractivity contribution in [1.29, 1.82) is 0 Å². The molecule has 0 aromatic rings. The predicted molar refractivity (Wildman–Crippen MR) is 106 cm³/mol. The molecule has 2 aliphatic rings. The average molecular weight is 510 g/mol. The lowest BCUT2D eigenvalue weighted by atomic mass is 10.0. The number of nitrogens with one attached hydrogen (secondary N) is 1. The molecule has 2 unspecified atom stereocenters. The number of nitrogens with zero attached hydrogens (tertiary/aromatic N) is 1. The molecule has 21 heavy (non-hydrogen) atoms. The molecule has 0 aromatic carbocycles. The Labute approximate surface area is 153 Å². The number of hydrogen-bond acceptors (Lipinski definition) is 3. The highest BCUT2D eigenvalue weighted by Crippen LogP contribution is 2.29. The van der Waals surface area contributed by atoms with Crippen LogP contribution in [0.15, 0.2) is 48.1 Å². The topological polar surface area (TPSA) is 44.6 Å². The van der Waals surface area contributed by atoms with Crippen molar-refractivity contribution in [3.8, 4) is 0 Å². The quantitative estimate of drug-likeness (QED) is 0.327. The smallest absolute Gasteiger partial charge is 0.0839 e. The summed E-state index contributed by atoms with van der Waals surface area (Å²) in [6.45, 7) is 2.61. The summed E-state index contributed by atoms with van der Waals surface area (Å²) in [6, 6.07) is 0. The van der Waals surface area contributed by atoms with Crippen molar-refractivity contribution in [2.24, 2.45) is 10.9 Å². The summed E-state index contributed by atoms with van der Waals surface area (Å²) in [5.41, 5.74) is 0.905. The van der Waals surface area contributed by atoms with Crippen LogP contribution in [0.1, 0.15) is 12.8 Å². The van der Waals surface area contributed by atoms with Crippen LogP contribution in [0, 0.1) is 5.92 Å². The van der Waals surface area contributed by atoms with E-state index in [1.54, 1.807) is 6.21 Å². The second-order valence-electron chi connectivity index (χ2n) is 5.19. The highest BCUT2D eigenvalue weighted by Gasteiger charge is 2.12. The fraction of sp³-hybridized carbons (Fsp3) is 0.438. The first-order valence-electron chi connectivity index (χ1n) is 7.14. The van der Waals surface area contributed by atoms with Gasteiger partial charge < -0.3 is 10.4 Å². The van der Waals surface area contributed by atoms with E-state index in [-0.39, 0.29) is 0 Å². The molecule has 0 bridgehead atoms. The molecule has 0 saturated carbocycles. The lowest BCUT2D eigenvalue weighted by Crippen LogP contribution is -2.25. The van der Waals surface area contributed by atoms with Gasteiger partial charge in [-0.15, -0.1) is 0 Å². The molecule has 2 N–H and O–H groups in total. The van der Waals surface area contributed by atoms with Crippen LogP contribution in [-0.4, -0.2) is 37.1 Å². The Morgan fingerprint density at radius 3 is 3.05 bits per heavy atom. The number of halogens is 2. The largest absolute Gasteiger partial charge is 0.388 e. The summed E-state index contributed by atoms with van der Waals surface area (Å²) in [6.07, 6.45) is 13.7. The molecule has 0 aliphatic heterocycles. The Balaban J connectivity index is 1.63. The number of aliphatic hydroxyl groups excluding tert-OH is 1. The molecule has 0 radical (unpaired) electrons. The Kier molecular flexibility index (Phi) is 7.62. The van der Waals surface area contributed by atoms with Crippen LogP contribution in [0.4, 0.5) is 0 Å². The first kappa shape index (κ1) is 17.4. The van der Waals surface area contributed by atoms with E-state index in [2.05, 4.69) is 67.6 Å². The van der Waals surface area contributed by atoms with Gasteiger partial charge in [0.1, 0.15) is 0 Å². The maximum atomic E-state index is 9.75. The standard InChI is InChI=1S/C16H20I2N2O/c17-14-7-12(8-15(18)9-14)10-19-5-6-20-11-13-3-1-2-4-16(13)21/h1-3,7,9,11-12,16,19,21H,4-6,8,10H2/b20-11+. The van der Waals surface area contributed by atoms with E-state index < -0.39 is 6.10 Å². The van der Waals surface area contributed by atoms with Crippen LogP contribution in [0.5, 0.6) is 0 Å². The summed E-state index contributed by atoms with van der Waals surface area (Å²) < 4.78 is 2.76. The van der Waals surface area contributed by atoms with Gasteiger partial charge in [-0.05, 0) is 79.2 Å². The van der Waals surface area contributed by atoms with Gasteiger partial charge in [-0.2, -0.15) is 0 Å². The van der Waals surface area contributed by atoms with E-state index in [0.29, 0.717) is 12.3 Å². The molecule has 0 heterocycles. The van der Waals surface area contributed by atoms with Gasteiger partial charge in [0, 0.05) is 22.9 Å². The Hall–Kier alpha value is 0.0100. The molecular weight excluding hydrogens is 490 g/mol. The third-order valence-corrected chi connectivity index (χ3v) is 4.80. The maximum absolute atomic E-state index is 9.75. The van der Waals surface area contributed by atoms with Crippen molar-refractivity contribution in [3.63, 3.8) is 0 Å². The molecule has 2 aliphatic carbocycles. The molecule has 0 spiro atoms. The molecule has 0 aromatic heterocycles. The van der Waals surface area contributed by atoms with Crippen LogP contribution in [0.2, 0.25) is 0 Å². The second kappa shape index (κ2) is 9.22. The van der Waals surface area contributed by atoms with Crippen LogP contribution in [-0.2, 0) is 0 Å². The first-order chi connectivity index (χ1) is 10.1. The van der Waals surface area contributed by atoms with Gasteiger partial charge in [0.2, 0.25) is 0 Å². The van der Waals surface area contributed by atoms with Crippen LogP contribution >= 0.6 is 45.2 Å². The lowest BCUT2D eigenvalue weighted by molar-refractivity contribution is 0.219. The van der Waals surface area contributed by atoms with Gasteiger partial charge in [-0.3, -0.25) is 4.99 Å². The minimum atomic E-state index is -0.393. The number of aliphatic imine (C=N–C) groups is 1. The van der Waals surface area contributed by atoms with Gasteiger partial charge in [0.25, 0.3) is 0 Å². The zero-order valence-electron chi connectivity index (χ0n) is 11.8. The third kappa shape index (κ3) is 6.33. The Morgan fingerprint density at radius 1 is 1.43 bits per heavy atom. The number of allylic oxidation sites excluding steroid dienone is 5. The highest BCUT2D eigenvalue weighted by atomic mass is 127. The fourth-order valence-corrected chi connectivity index (χ4v) is 4.67. The Bertz CT molecular complexity index is 506. The first-order valence-corrected chi connectivity index (χ1v) is 9.29. The van der Waals surface area contributed by atoms with E-state index in [4.69, 9.17) is 0 Å². The summed E-state index contributed by atoms with van der Waals surface area (Å²) in [7, 11) is 0. The minimum absolute atomic E-state index is 0.393. The normalized spacial score (nSPS) is 25.8. The summed E-state index contributed by atoms with van der Waals surface area (Å²) in [4.78, 5) is 4.38. The number of rotatable bonds is 6. The van der Waals surface area contributed by atoms with Gasteiger partial charge >= 0.3 is 0 Å². The van der Waals surface area contributed by atoms with Crippen molar-refractivity contribution in [2.75, 3.05) is 19.6 Å². The van der Waals surface area contributed by atoms with Gasteiger partial charge in [-0.25, -0.2) is 0 Å². The fourth-order valence-electron chi connectivity index (χ4n) is 2.29. The summed E-state index contributed by atoms with van der Waals surface area (Å²) >= 11 is 4.80. The number of hydrogen-bond donors (Lipinski definition) is 2. The number of aliphatic hydroxyl groups is 1. The molecule has 0 fully saturated rings. The molecule has 2 rings (SSSR count). The lowest BCUT2D eigenvalue weighted by Gasteiger charge is -2.17. The Morgan fingerprint density at radius 2 is 2.29 bits per heavy atom. The van der Waals surface area contributed by atoms with E-state index >= 15 is 0 Å². The zero-order valence-corrected chi connectivity index (χ0v) is 16.1. The molecule has 3 nitrogen and oxygen atoms in total. The summed E-state index contributed by atoms with van der Waals surface area (Å²) in [5.74, 6) is 0.589. The van der Waals surface area contributed by atoms with E-state index in [1.807, 2.05) is 18.2 Å². The van der Waals surface area contributed by atoms with E-state index in [9.17, 15) is 5.11 Å². The van der Waals surface area contributed by atoms with E-state index in [0.717, 1.165) is 31.6 Å². The molecular formula is C16H20I2N2O. The average Bonchev–Trinajstić information content (AvgIpc) is 2.43. The van der Waals surface area contributed by atoms with Crippen LogP contribution < -0.4 is 5.32 Å². The molecule has 114 valence electrons. The van der Waals surface area contributed by atoms with Gasteiger partial charge in [0.05, 0.1) is 12.6 Å². The summed E-state index contributed by atoms with van der Waals surface area (Å²) in [5, 5.41) is 13.2. The highest BCUT2D eigenvalue weighted by molar-refractivity contribution is 14.1. The van der Waals surface area contributed by atoms with Gasteiger partial charge in [0.15, 0.2) is 0 Å². The molecule has 2 atom stereocenters. The van der Waals surface area contributed by atoms with Crippen molar-refractivity contribution in [1.82, 2.24) is 5.32 Å². The van der Waals surface area contributed by atoms with Crippen molar-refractivity contribution in [3.05, 3.63) is 43.1 Å². The second-order valence-corrected chi connectivity index (χ2v) is 7.82. The predicted octanol–water partition coefficient (Wildman–Crippen LogP) is 3.55. The minimum Gasteiger partial charge on any atom is -0.388 e. The molecule has 0 saturated heterocycles. The van der Waals surface area contributed by atoms with Crippen molar-refractivity contribution in [2.45, 2.75) is 18.9 Å². The van der Waals surface area contributed by atoms with Crippen LogP contribution in [0.3, 0.4) is 0 Å². The zero-order chi connectivity index (χ0) is 15.1. The molecule has 0 amide bonds. The third-order valence-electron chi connectivity index (χ3n) is 3.38. The SMILES string of the molecule is OC1CC=CC=C1/C=N/CCNCC1C=C(I)C=C(I)C1.